The van der Waals surface area contributed by atoms with Gasteiger partial charge in [0, 0.05) is 30.8 Å². The molecule has 0 spiro atoms. The van der Waals surface area contributed by atoms with E-state index in [1.54, 1.807) is 6.08 Å². The molecule has 0 aromatic carbocycles. The number of carbonyl (C=O) groups excluding carboxylic acids is 3. The number of fused-ring (bicyclic) bond motifs is 5. The topological polar surface area (TPSA) is 99.1 Å². The molecule has 7 atom stereocenters. The van der Waals surface area contributed by atoms with Gasteiger partial charge in [0.2, 0.25) is 5.78 Å². The van der Waals surface area contributed by atoms with E-state index in [1.807, 2.05) is 13.8 Å². The van der Waals surface area contributed by atoms with Gasteiger partial charge in [0.1, 0.15) is 12.4 Å². The third-order valence-electron chi connectivity index (χ3n) is 9.61. The second kappa shape index (κ2) is 8.99. The zero-order valence-corrected chi connectivity index (χ0v) is 21.4. The minimum absolute atomic E-state index is 0.0345. The molecule has 190 valence electrons. The monoisotopic (exact) mass is 496 g/mol. The maximum absolute atomic E-state index is 13.6. The number of rotatable bonds is 7. The molecule has 7 nitrogen and oxygen atoms in total. The lowest BCUT2D eigenvalue weighted by Gasteiger charge is -2.65. The SMILES string of the molecule is CCOCO[C@]1(C(=O)COC(C)=O)CC[C@H]2[C@@H]3CCC4=CC(=O)CC[C@]4(C)[C@@]3(Cl)C(O)C[C@@]21C. The molecular formula is C26H37ClO7. The van der Waals surface area contributed by atoms with Crippen LogP contribution in [0, 0.1) is 22.7 Å². The molecule has 3 saturated carbocycles. The normalized spacial score (nSPS) is 43.4. The van der Waals surface area contributed by atoms with E-state index in [-0.39, 0.29) is 43.2 Å². The van der Waals surface area contributed by atoms with E-state index in [1.165, 1.54) is 6.92 Å². The summed E-state index contributed by atoms with van der Waals surface area (Å²) in [5.74, 6) is -0.707. The van der Waals surface area contributed by atoms with Gasteiger partial charge in [-0.15, -0.1) is 11.6 Å². The summed E-state index contributed by atoms with van der Waals surface area (Å²) >= 11 is 7.50. The van der Waals surface area contributed by atoms with Gasteiger partial charge in [-0.3, -0.25) is 14.4 Å². The number of hydrogen-bond acceptors (Lipinski definition) is 7. The van der Waals surface area contributed by atoms with Gasteiger partial charge in [-0.25, -0.2) is 0 Å². The Labute approximate surface area is 206 Å². The molecule has 0 aromatic heterocycles. The van der Waals surface area contributed by atoms with Gasteiger partial charge in [-0.2, -0.15) is 0 Å². The van der Waals surface area contributed by atoms with E-state index in [0.29, 0.717) is 32.3 Å². The molecule has 0 radical (unpaired) electrons. The second-order valence-electron chi connectivity index (χ2n) is 10.9. The van der Waals surface area contributed by atoms with E-state index in [4.69, 9.17) is 25.8 Å². The molecule has 4 rings (SSSR count). The number of aliphatic hydroxyl groups is 1. The lowest BCUT2D eigenvalue weighted by molar-refractivity contribution is -0.216. The van der Waals surface area contributed by atoms with E-state index >= 15 is 0 Å². The number of ketones is 2. The van der Waals surface area contributed by atoms with E-state index < -0.39 is 33.4 Å². The first-order valence-corrected chi connectivity index (χ1v) is 12.8. The van der Waals surface area contributed by atoms with Crippen LogP contribution in [0.5, 0.6) is 0 Å². The van der Waals surface area contributed by atoms with Gasteiger partial charge in [0.25, 0.3) is 0 Å². The predicted molar refractivity (Wildman–Crippen MR) is 125 cm³/mol. The summed E-state index contributed by atoms with van der Waals surface area (Å²) < 4.78 is 16.8. The van der Waals surface area contributed by atoms with Gasteiger partial charge in [0.05, 0.1) is 11.0 Å². The van der Waals surface area contributed by atoms with Crippen molar-refractivity contribution >= 4 is 29.1 Å². The highest BCUT2D eigenvalue weighted by atomic mass is 35.5. The van der Waals surface area contributed by atoms with Gasteiger partial charge in [-0.05, 0) is 63.4 Å². The van der Waals surface area contributed by atoms with Crippen molar-refractivity contribution in [1.29, 1.82) is 0 Å². The fourth-order valence-corrected chi connectivity index (χ4v) is 8.40. The Morgan fingerprint density at radius 2 is 1.91 bits per heavy atom. The molecule has 0 bridgehead atoms. The van der Waals surface area contributed by atoms with Crippen molar-refractivity contribution < 1.29 is 33.7 Å². The fourth-order valence-electron chi connectivity index (χ4n) is 7.84. The van der Waals surface area contributed by atoms with Crippen LogP contribution in [0.4, 0.5) is 0 Å². The molecule has 3 fully saturated rings. The van der Waals surface area contributed by atoms with Crippen LogP contribution in [-0.4, -0.2) is 59.2 Å². The smallest absolute Gasteiger partial charge is 0.303 e. The summed E-state index contributed by atoms with van der Waals surface area (Å²) in [6.07, 6.45) is 4.86. The van der Waals surface area contributed by atoms with Gasteiger partial charge in [0.15, 0.2) is 12.4 Å². The Morgan fingerprint density at radius 1 is 1.18 bits per heavy atom. The predicted octanol–water partition coefficient (Wildman–Crippen LogP) is 3.73. The number of esters is 1. The lowest BCUT2D eigenvalue weighted by Crippen LogP contribution is -2.69. The first-order valence-electron chi connectivity index (χ1n) is 12.5. The molecular weight excluding hydrogens is 460 g/mol. The van der Waals surface area contributed by atoms with Crippen LogP contribution in [0.25, 0.3) is 0 Å². The summed E-state index contributed by atoms with van der Waals surface area (Å²) in [7, 11) is 0. The number of hydrogen-bond donors (Lipinski definition) is 1. The molecule has 1 N–H and O–H groups in total. The molecule has 4 aliphatic carbocycles. The number of ether oxygens (including phenoxy) is 3. The van der Waals surface area contributed by atoms with Gasteiger partial charge < -0.3 is 19.3 Å². The van der Waals surface area contributed by atoms with E-state index in [9.17, 15) is 19.5 Å². The quantitative estimate of drug-likeness (QED) is 0.248. The summed E-state index contributed by atoms with van der Waals surface area (Å²) in [5, 5.41) is 11.7. The summed E-state index contributed by atoms with van der Waals surface area (Å²) in [4.78, 5) is 36.2. The number of carbonyl (C=O) groups is 3. The van der Waals surface area contributed by atoms with Crippen LogP contribution in [0.2, 0.25) is 0 Å². The van der Waals surface area contributed by atoms with Crippen molar-refractivity contribution in [2.75, 3.05) is 20.0 Å². The summed E-state index contributed by atoms with van der Waals surface area (Å²) in [6.45, 7) is 7.25. The zero-order chi connectivity index (χ0) is 24.9. The molecule has 0 aliphatic heterocycles. The molecule has 34 heavy (non-hydrogen) atoms. The Morgan fingerprint density at radius 3 is 2.59 bits per heavy atom. The molecule has 4 aliphatic rings. The fraction of sp³-hybridized carbons (Fsp3) is 0.808. The minimum Gasteiger partial charge on any atom is -0.458 e. The molecule has 0 heterocycles. The van der Waals surface area contributed by atoms with E-state index in [0.717, 1.165) is 18.4 Å². The maximum Gasteiger partial charge on any atom is 0.303 e. The van der Waals surface area contributed by atoms with Crippen molar-refractivity contribution in [3.8, 4) is 0 Å². The van der Waals surface area contributed by atoms with Crippen LogP contribution in [0.15, 0.2) is 11.6 Å². The largest absolute Gasteiger partial charge is 0.458 e. The van der Waals surface area contributed by atoms with Gasteiger partial charge in [-0.1, -0.05) is 19.4 Å². The Hall–Kier alpha value is -1.28. The van der Waals surface area contributed by atoms with Crippen molar-refractivity contribution in [1.82, 2.24) is 0 Å². The molecule has 0 saturated heterocycles. The number of allylic oxidation sites excluding steroid dienone is 1. The Balaban J connectivity index is 1.73. The van der Waals surface area contributed by atoms with Gasteiger partial charge >= 0.3 is 5.97 Å². The van der Waals surface area contributed by atoms with Crippen molar-refractivity contribution in [3.63, 3.8) is 0 Å². The number of aliphatic hydroxyl groups excluding tert-OH is 1. The zero-order valence-electron chi connectivity index (χ0n) is 20.7. The molecule has 8 heteroatoms. The van der Waals surface area contributed by atoms with Crippen LogP contribution >= 0.6 is 11.6 Å². The number of alkyl halides is 1. The summed E-state index contributed by atoms with van der Waals surface area (Å²) in [5.41, 5.74) is -1.38. The Bertz CT molecular complexity index is 902. The number of Topliss-reactive ketones (excluding diaryl/α,β-unsaturated/α-hetero) is 1. The van der Waals surface area contributed by atoms with Crippen LogP contribution < -0.4 is 0 Å². The highest BCUT2D eigenvalue weighted by molar-refractivity contribution is 6.26. The molecule has 0 aromatic rings. The van der Waals surface area contributed by atoms with Crippen molar-refractivity contribution in [2.45, 2.75) is 89.2 Å². The number of halogens is 1. The standard InChI is InChI=1S/C26H37ClO7/c1-5-32-15-34-25(22(31)14-33-16(2)28)11-9-19-20-7-6-17-12-18(29)8-10-23(17,3)26(20,27)21(30)13-24(19,25)4/h12,19-21,30H,5-11,13-15H2,1-4H3/t19-,20-,21?,23-,24-,25-,26-/m0/s1. The average Bonchev–Trinajstić information content (AvgIpc) is 3.06. The summed E-state index contributed by atoms with van der Waals surface area (Å²) in [6, 6.07) is 0. The van der Waals surface area contributed by atoms with E-state index in [2.05, 4.69) is 6.92 Å². The first kappa shape index (κ1) is 25.8. The van der Waals surface area contributed by atoms with Crippen molar-refractivity contribution in [3.05, 3.63) is 11.6 Å². The lowest BCUT2D eigenvalue weighted by atomic mass is 9.45. The first-order chi connectivity index (χ1) is 16.0. The highest BCUT2D eigenvalue weighted by Crippen LogP contribution is 2.71. The third kappa shape index (κ3) is 3.53. The average molecular weight is 497 g/mol. The second-order valence-corrected chi connectivity index (χ2v) is 11.6. The van der Waals surface area contributed by atoms with Crippen LogP contribution in [0.3, 0.4) is 0 Å². The third-order valence-corrected chi connectivity index (χ3v) is 10.6. The maximum atomic E-state index is 13.6. The highest BCUT2D eigenvalue weighted by Gasteiger charge is 2.74. The van der Waals surface area contributed by atoms with Crippen LogP contribution in [-0.2, 0) is 28.6 Å². The molecule has 0 amide bonds. The van der Waals surface area contributed by atoms with Crippen LogP contribution in [0.1, 0.15) is 72.6 Å². The minimum atomic E-state index is -1.24. The molecule has 1 unspecified atom stereocenters. The van der Waals surface area contributed by atoms with Crippen molar-refractivity contribution in [2.24, 2.45) is 22.7 Å². The Kier molecular flexibility index (Phi) is 6.82.